The van der Waals surface area contributed by atoms with E-state index in [-0.39, 0.29) is 12.8 Å². The summed E-state index contributed by atoms with van der Waals surface area (Å²) >= 11 is 0. The van der Waals surface area contributed by atoms with Crippen LogP contribution >= 0.6 is 0 Å². The SMILES string of the molecule is CC(C)(C)N(C(=O)O)[C@H]1C[C@H](OC(F)(F)F)C[C@@H]1O. The van der Waals surface area contributed by atoms with Crippen molar-refractivity contribution in [1.29, 1.82) is 0 Å². The topological polar surface area (TPSA) is 70.0 Å². The van der Waals surface area contributed by atoms with Crippen LogP contribution in [0.4, 0.5) is 18.0 Å². The number of nitrogens with zero attached hydrogens (tertiary/aromatic N) is 1. The van der Waals surface area contributed by atoms with Gasteiger partial charge in [-0.3, -0.25) is 9.64 Å². The third-order valence-corrected chi connectivity index (χ3v) is 3.01. The number of carbonyl (C=O) groups is 1. The Hall–Kier alpha value is -1.02. The number of hydrogen-bond acceptors (Lipinski definition) is 3. The lowest BCUT2D eigenvalue weighted by molar-refractivity contribution is -0.342. The third kappa shape index (κ3) is 4.24. The van der Waals surface area contributed by atoms with Crippen LogP contribution in [0.3, 0.4) is 0 Å². The van der Waals surface area contributed by atoms with E-state index in [1.54, 1.807) is 20.8 Å². The van der Waals surface area contributed by atoms with Crippen molar-refractivity contribution in [2.75, 3.05) is 0 Å². The van der Waals surface area contributed by atoms with Crippen LogP contribution in [0.25, 0.3) is 0 Å². The first-order valence-electron chi connectivity index (χ1n) is 5.86. The molecule has 0 unspecified atom stereocenters. The molecule has 112 valence electrons. The number of ether oxygens (including phenoxy) is 1. The van der Waals surface area contributed by atoms with Crippen LogP contribution < -0.4 is 0 Å². The van der Waals surface area contributed by atoms with Crippen LogP contribution in [-0.4, -0.2) is 51.4 Å². The molecule has 0 heterocycles. The molecular weight excluding hydrogens is 267 g/mol. The van der Waals surface area contributed by atoms with Crippen molar-refractivity contribution in [1.82, 2.24) is 4.90 Å². The first kappa shape index (κ1) is 16.0. The second-order valence-corrected chi connectivity index (χ2v) is 5.62. The smallest absolute Gasteiger partial charge is 0.465 e. The van der Waals surface area contributed by atoms with E-state index in [4.69, 9.17) is 5.11 Å². The summed E-state index contributed by atoms with van der Waals surface area (Å²) in [5.74, 6) is 0. The van der Waals surface area contributed by atoms with Gasteiger partial charge in [-0.15, -0.1) is 13.2 Å². The third-order valence-electron chi connectivity index (χ3n) is 3.01. The van der Waals surface area contributed by atoms with Crippen LogP contribution in [-0.2, 0) is 4.74 Å². The summed E-state index contributed by atoms with van der Waals surface area (Å²) in [6, 6.07) is -0.898. The minimum atomic E-state index is -4.78. The Morgan fingerprint density at radius 3 is 2.16 bits per heavy atom. The van der Waals surface area contributed by atoms with E-state index >= 15 is 0 Å². The zero-order valence-electron chi connectivity index (χ0n) is 10.9. The second kappa shape index (κ2) is 5.16. The molecule has 2 N–H and O–H groups in total. The zero-order chi connectivity index (χ0) is 15.0. The fraction of sp³-hybridized carbons (Fsp3) is 0.909. The van der Waals surface area contributed by atoms with Gasteiger partial charge < -0.3 is 10.2 Å². The van der Waals surface area contributed by atoms with Gasteiger partial charge in [0.05, 0.1) is 18.2 Å². The van der Waals surface area contributed by atoms with Crippen molar-refractivity contribution in [2.45, 2.75) is 63.8 Å². The highest BCUT2D eigenvalue weighted by Gasteiger charge is 2.46. The average Bonchev–Trinajstić information content (AvgIpc) is 2.40. The number of amides is 1. The molecule has 0 aromatic heterocycles. The van der Waals surface area contributed by atoms with Gasteiger partial charge in [-0.2, -0.15) is 0 Å². The first-order chi connectivity index (χ1) is 8.42. The molecule has 1 amide bonds. The minimum Gasteiger partial charge on any atom is -0.465 e. The largest absolute Gasteiger partial charge is 0.522 e. The van der Waals surface area contributed by atoms with Gasteiger partial charge >= 0.3 is 12.5 Å². The monoisotopic (exact) mass is 285 g/mol. The highest BCUT2D eigenvalue weighted by atomic mass is 19.4. The van der Waals surface area contributed by atoms with Crippen LogP contribution in [0.5, 0.6) is 0 Å². The summed E-state index contributed by atoms with van der Waals surface area (Å²) in [6.45, 7) is 4.85. The van der Waals surface area contributed by atoms with Gasteiger partial charge in [-0.25, -0.2) is 4.79 Å². The first-order valence-corrected chi connectivity index (χ1v) is 5.86. The molecule has 0 spiro atoms. The van der Waals surface area contributed by atoms with Gasteiger partial charge in [0.25, 0.3) is 0 Å². The lowest BCUT2D eigenvalue weighted by Gasteiger charge is -2.39. The Kier molecular flexibility index (Phi) is 4.36. The van der Waals surface area contributed by atoms with E-state index in [9.17, 15) is 23.1 Å². The summed E-state index contributed by atoms with van der Waals surface area (Å²) in [5, 5.41) is 18.9. The second-order valence-electron chi connectivity index (χ2n) is 5.62. The Morgan fingerprint density at radius 1 is 1.26 bits per heavy atom. The van der Waals surface area contributed by atoms with Gasteiger partial charge in [-0.05, 0) is 27.2 Å². The van der Waals surface area contributed by atoms with E-state index in [1.165, 1.54) is 0 Å². The molecule has 1 saturated carbocycles. The Labute approximate surface area is 109 Å². The molecule has 0 radical (unpaired) electrons. The van der Waals surface area contributed by atoms with Crippen molar-refractivity contribution in [3.05, 3.63) is 0 Å². The van der Waals surface area contributed by atoms with Crippen LogP contribution in [0.15, 0.2) is 0 Å². The van der Waals surface area contributed by atoms with E-state index in [1.807, 2.05) is 0 Å². The van der Waals surface area contributed by atoms with E-state index in [0.29, 0.717) is 0 Å². The highest BCUT2D eigenvalue weighted by molar-refractivity contribution is 5.66. The van der Waals surface area contributed by atoms with E-state index < -0.39 is 36.2 Å². The maximum absolute atomic E-state index is 12.1. The van der Waals surface area contributed by atoms with Gasteiger partial charge in [0.2, 0.25) is 0 Å². The number of rotatable bonds is 2. The molecular formula is C11H18F3NO4. The van der Waals surface area contributed by atoms with Crippen LogP contribution in [0.1, 0.15) is 33.6 Å². The molecule has 5 nitrogen and oxygen atoms in total. The fourth-order valence-electron chi connectivity index (χ4n) is 2.44. The maximum atomic E-state index is 12.1. The Bertz CT molecular complexity index is 340. The molecule has 19 heavy (non-hydrogen) atoms. The van der Waals surface area contributed by atoms with Gasteiger partial charge in [0.1, 0.15) is 0 Å². The summed E-state index contributed by atoms with van der Waals surface area (Å²) in [5.41, 5.74) is -0.815. The van der Waals surface area contributed by atoms with Crippen molar-refractivity contribution in [3.8, 4) is 0 Å². The number of hydrogen-bond donors (Lipinski definition) is 2. The van der Waals surface area contributed by atoms with E-state index in [2.05, 4.69) is 4.74 Å². The quantitative estimate of drug-likeness (QED) is 0.816. The molecule has 0 aliphatic heterocycles. The summed E-state index contributed by atoms with van der Waals surface area (Å²) in [7, 11) is 0. The molecule has 8 heteroatoms. The Morgan fingerprint density at radius 2 is 1.79 bits per heavy atom. The van der Waals surface area contributed by atoms with E-state index in [0.717, 1.165) is 4.90 Å². The average molecular weight is 285 g/mol. The lowest BCUT2D eigenvalue weighted by Crippen LogP contribution is -2.53. The van der Waals surface area contributed by atoms with Crippen LogP contribution in [0.2, 0.25) is 0 Å². The molecule has 1 aliphatic carbocycles. The molecule has 1 aliphatic rings. The number of halogens is 3. The Balaban J connectivity index is 2.81. The predicted molar refractivity (Wildman–Crippen MR) is 59.6 cm³/mol. The number of aliphatic hydroxyl groups excluding tert-OH is 1. The van der Waals surface area contributed by atoms with Gasteiger partial charge in [0, 0.05) is 12.0 Å². The van der Waals surface area contributed by atoms with Crippen molar-refractivity contribution < 1.29 is 32.9 Å². The molecule has 1 rings (SSSR count). The fourth-order valence-corrected chi connectivity index (χ4v) is 2.44. The van der Waals surface area contributed by atoms with Crippen molar-refractivity contribution >= 4 is 6.09 Å². The summed E-state index contributed by atoms with van der Waals surface area (Å²) in [4.78, 5) is 12.2. The summed E-state index contributed by atoms with van der Waals surface area (Å²) in [6.07, 6.45) is -8.85. The number of aliphatic hydroxyl groups is 1. The normalized spacial score (nSPS) is 28.5. The molecule has 1 fully saturated rings. The molecule has 3 atom stereocenters. The number of carboxylic acid groups (broad SMARTS) is 1. The molecule has 0 bridgehead atoms. The lowest BCUT2D eigenvalue weighted by atomic mass is 10.0. The van der Waals surface area contributed by atoms with Crippen molar-refractivity contribution in [2.24, 2.45) is 0 Å². The highest BCUT2D eigenvalue weighted by Crippen LogP contribution is 2.34. The van der Waals surface area contributed by atoms with Gasteiger partial charge in [-0.1, -0.05) is 0 Å². The standard InChI is InChI=1S/C11H18F3NO4/c1-10(2,3)15(9(17)18)7-4-6(5-8(7)16)19-11(12,13)14/h6-8,16H,4-5H2,1-3H3,(H,17,18)/t6-,7-,8-/m0/s1. The van der Waals surface area contributed by atoms with Gasteiger partial charge in [0.15, 0.2) is 0 Å². The number of alkyl halides is 3. The predicted octanol–water partition coefficient (Wildman–Crippen LogP) is 2.19. The van der Waals surface area contributed by atoms with Crippen LogP contribution in [0, 0.1) is 0 Å². The zero-order valence-corrected chi connectivity index (χ0v) is 10.9. The minimum absolute atomic E-state index is 0.176. The molecule has 0 saturated heterocycles. The maximum Gasteiger partial charge on any atom is 0.522 e. The van der Waals surface area contributed by atoms with Crippen molar-refractivity contribution in [3.63, 3.8) is 0 Å². The molecule has 0 aromatic rings. The summed E-state index contributed by atoms with van der Waals surface area (Å²) < 4.78 is 40.2. The molecule has 0 aromatic carbocycles.